The van der Waals surface area contributed by atoms with Crippen molar-refractivity contribution in [3.63, 3.8) is 0 Å². The van der Waals surface area contributed by atoms with E-state index in [1.165, 1.54) is 0 Å². The van der Waals surface area contributed by atoms with Crippen LogP contribution in [-0.4, -0.2) is 20.1 Å². The van der Waals surface area contributed by atoms with Crippen LogP contribution in [0.5, 0.6) is 0 Å². The third kappa shape index (κ3) is 3.26. The van der Waals surface area contributed by atoms with E-state index in [1.54, 1.807) is 4.68 Å². The highest BCUT2D eigenvalue weighted by Gasteiger charge is 2.14. The maximum atomic E-state index is 10.2. The van der Waals surface area contributed by atoms with Crippen LogP contribution in [0.4, 0.5) is 0 Å². The summed E-state index contributed by atoms with van der Waals surface area (Å²) in [4.78, 5) is 0. The summed E-state index contributed by atoms with van der Waals surface area (Å²) >= 11 is 5.63. The number of nitrogens with zero attached hydrogens (tertiary/aromatic N) is 3. The standard InChI is InChI=1S/C11H11BrIN3O/c1-16-6-8(14-15-16)5-11(17)9-4-7(12)2-3-10(9)13/h2-4,6,11,17H,5H2,1H3. The zero-order chi connectivity index (χ0) is 12.4. The van der Waals surface area contributed by atoms with Gasteiger partial charge in [-0.2, -0.15) is 0 Å². The lowest BCUT2D eigenvalue weighted by atomic mass is 10.1. The molecule has 1 aromatic heterocycles. The lowest BCUT2D eigenvalue weighted by Gasteiger charge is -2.11. The summed E-state index contributed by atoms with van der Waals surface area (Å²) in [6, 6.07) is 5.86. The third-order valence-corrected chi connectivity index (χ3v) is 3.85. The van der Waals surface area contributed by atoms with E-state index in [0.29, 0.717) is 6.42 Å². The lowest BCUT2D eigenvalue weighted by molar-refractivity contribution is 0.176. The molecule has 0 aliphatic carbocycles. The number of hydrogen-bond acceptors (Lipinski definition) is 3. The van der Waals surface area contributed by atoms with E-state index in [-0.39, 0.29) is 0 Å². The predicted molar refractivity (Wildman–Crippen MR) is 76.5 cm³/mol. The fraction of sp³-hybridized carbons (Fsp3) is 0.273. The van der Waals surface area contributed by atoms with Crippen LogP contribution < -0.4 is 0 Å². The lowest BCUT2D eigenvalue weighted by Crippen LogP contribution is -2.04. The van der Waals surface area contributed by atoms with Gasteiger partial charge in [0.25, 0.3) is 0 Å². The first kappa shape index (κ1) is 13.0. The van der Waals surface area contributed by atoms with Crippen LogP contribution in [0.1, 0.15) is 17.4 Å². The van der Waals surface area contributed by atoms with Crippen LogP contribution in [0.25, 0.3) is 0 Å². The molecule has 1 unspecified atom stereocenters. The molecular formula is C11H11BrIN3O. The van der Waals surface area contributed by atoms with Gasteiger partial charge in [0.15, 0.2) is 0 Å². The van der Waals surface area contributed by atoms with E-state index in [1.807, 2.05) is 31.4 Å². The molecule has 1 aromatic carbocycles. The minimum atomic E-state index is -0.559. The first-order valence-corrected chi connectivity index (χ1v) is 6.91. The van der Waals surface area contributed by atoms with E-state index in [9.17, 15) is 5.11 Å². The first-order chi connectivity index (χ1) is 8.06. The summed E-state index contributed by atoms with van der Waals surface area (Å²) < 4.78 is 3.64. The summed E-state index contributed by atoms with van der Waals surface area (Å²) in [5.41, 5.74) is 1.70. The van der Waals surface area contributed by atoms with Crippen molar-refractivity contribution in [2.24, 2.45) is 7.05 Å². The highest BCUT2D eigenvalue weighted by Crippen LogP contribution is 2.26. The van der Waals surface area contributed by atoms with Gasteiger partial charge in [0, 0.05) is 27.7 Å². The third-order valence-electron chi connectivity index (χ3n) is 2.37. The van der Waals surface area contributed by atoms with Gasteiger partial charge in [-0.15, -0.1) is 5.10 Å². The minimum Gasteiger partial charge on any atom is -0.388 e. The van der Waals surface area contributed by atoms with Gasteiger partial charge in [0.2, 0.25) is 0 Å². The number of aliphatic hydroxyl groups excluding tert-OH is 1. The second kappa shape index (κ2) is 5.45. The Labute approximate surface area is 121 Å². The number of aryl methyl sites for hydroxylation is 1. The molecule has 0 fully saturated rings. The number of hydrogen-bond donors (Lipinski definition) is 1. The van der Waals surface area contributed by atoms with Gasteiger partial charge in [0.1, 0.15) is 0 Å². The molecule has 0 aliphatic heterocycles. The molecule has 0 amide bonds. The Hall–Kier alpha value is -0.470. The van der Waals surface area contributed by atoms with Crippen molar-refractivity contribution in [2.45, 2.75) is 12.5 Å². The maximum absolute atomic E-state index is 10.2. The molecule has 0 spiro atoms. The first-order valence-electron chi connectivity index (χ1n) is 5.04. The van der Waals surface area contributed by atoms with Crippen LogP contribution in [0.3, 0.4) is 0 Å². The van der Waals surface area contributed by atoms with Gasteiger partial charge in [-0.1, -0.05) is 21.1 Å². The molecule has 0 radical (unpaired) electrons. The Kier molecular flexibility index (Phi) is 4.16. The highest BCUT2D eigenvalue weighted by molar-refractivity contribution is 14.1. The highest BCUT2D eigenvalue weighted by atomic mass is 127. The van der Waals surface area contributed by atoms with Crippen molar-refractivity contribution in [2.75, 3.05) is 0 Å². The average molecular weight is 408 g/mol. The van der Waals surface area contributed by atoms with Crippen molar-refractivity contribution in [1.29, 1.82) is 0 Å². The fourth-order valence-electron chi connectivity index (χ4n) is 1.57. The molecule has 0 saturated carbocycles. The molecule has 0 bridgehead atoms. The van der Waals surface area contributed by atoms with Crippen LogP contribution in [0.2, 0.25) is 0 Å². The molecule has 6 heteroatoms. The molecule has 0 saturated heterocycles. The topological polar surface area (TPSA) is 50.9 Å². The van der Waals surface area contributed by atoms with E-state index in [4.69, 9.17) is 0 Å². The zero-order valence-electron chi connectivity index (χ0n) is 9.14. The van der Waals surface area contributed by atoms with E-state index >= 15 is 0 Å². The summed E-state index contributed by atoms with van der Waals surface area (Å²) in [7, 11) is 1.81. The summed E-state index contributed by atoms with van der Waals surface area (Å²) in [5, 5.41) is 18.0. The van der Waals surface area contributed by atoms with Gasteiger partial charge in [-0.05, 0) is 46.4 Å². The number of rotatable bonds is 3. The second-order valence-corrected chi connectivity index (χ2v) is 5.85. The minimum absolute atomic E-state index is 0.473. The monoisotopic (exact) mass is 407 g/mol. The number of benzene rings is 1. The van der Waals surface area contributed by atoms with Gasteiger partial charge in [-0.25, -0.2) is 0 Å². The molecule has 2 rings (SSSR count). The Bertz CT molecular complexity index is 529. The molecule has 2 aromatic rings. The molecule has 4 nitrogen and oxygen atoms in total. The molecule has 90 valence electrons. The molecule has 1 N–H and O–H groups in total. The Morgan fingerprint density at radius 2 is 2.29 bits per heavy atom. The molecule has 1 heterocycles. The van der Waals surface area contributed by atoms with Crippen LogP contribution in [-0.2, 0) is 13.5 Å². The van der Waals surface area contributed by atoms with Gasteiger partial charge >= 0.3 is 0 Å². The van der Waals surface area contributed by atoms with E-state index in [0.717, 1.165) is 19.3 Å². The quantitative estimate of drug-likeness (QED) is 0.795. The van der Waals surface area contributed by atoms with Crippen molar-refractivity contribution in [1.82, 2.24) is 15.0 Å². The second-order valence-electron chi connectivity index (χ2n) is 3.77. The smallest absolute Gasteiger partial charge is 0.0857 e. The fourth-order valence-corrected chi connectivity index (χ4v) is 2.64. The number of aliphatic hydroxyl groups is 1. The van der Waals surface area contributed by atoms with Gasteiger partial charge < -0.3 is 5.11 Å². The van der Waals surface area contributed by atoms with Crippen LogP contribution in [0.15, 0.2) is 28.9 Å². The van der Waals surface area contributed by atoms with Crippen LogP contribution in [0, 0.1) is 3.57 Å². The van der Waals surface area contributed by atoms with E-state index in [2.05, 4.69) is 48.8 Å². The molecular weight excluding hydrogens is 397 g/mol. The largest absolute Gasteiger partial charge is 0.388 e. The SMILES string of the molecule is Cn1cc(CC(O)c2cc(Br)ccc2I)nn1. The summed E-state index contributed by atoms with van der Waals surface area (Å²) in [6.45, 7) is 0. The molecule has 0 aliphatic rings. The summed E-state index contributed by atoms with van der Waals surface area (Å²) in [6.07, 6.45) is 1.73. The van der Waals surface area contributed by atoms with E-state index < -0.39 is 6.10 Å². The average Bonchev–Trinajstić information content (AvgIpc) is 2.67. The Balaban J connectivity index is 2.19. The van der Waals surface area contributed by atoms with Crippen molar-refractivity contribution in [3.05, 3.63) is 43.7 Å². The summed E-state index contributed by atoms with van der Waals surface area (Å²) in [5.74, 6) is 0. The normalized spacial score (nSPS) is 12.7. The van der Waals surface area contributed by atoms with Gasteiger partial charge in [0.05, 0.1) is 11.8 Å². The Morgan fingerprint density at radius 3 is 2.94 bits per heavy atom. The van der Waals surface area contributed by atoms with Gasteiger partial charge in [-0.3, -0.25) is 4.68 Å². The Morgan fingerprint density at radius 1 is 1.53 bits per heavy atom. The van der Waals surface area contributed by atoms with Crippen LogP contribution >= 0.6 is 38.5 Å². The maximum Gasteiger partial charge on any atom is 0.0857 e. The molecule has 17 heavy (non-hydrogen) atoms. The zero-order valence-corrected chi connectivity index (χ0v) is 12.9. The molecule has 1 atom stereocenters. The van der Waals surface area contributed by atoms with Crippen molar-refractivity contribution < 1.29 is 5.11 Å². The number of halogens is 2. The predicted octanol–water partition coefficient (Wildman–Crippen LogP) is 2.46. The number of aromatic nitrogens is 3. The van der Waals surface area contributed by atoms with Crippen molar-refractivity contribution in [3.8, 4) is 0 Å². The van der Waals surface area contributed by atoms with Crippen molar-refractivity contribution >= 4 is 38.5 Å².